The zero-order valence-corrected chi connectivity index (χ0v) is 12.7. The average molecular weight is 387 g/mol. The van der Waals surface area contributed by atoms with Crippen molar-refractivity contribution in [2.45, 2.75) is 30.3 Å². The second kappa shape index (κ2) is 8.69. The molecule has 0 saturated heterocycles. The van der Waals surface area contributed by atoms with Gasteiger partial charge in [-0.05, 0) is 0 Å². The molecule has 0 aromatic carbocycles. The van der Waals surface area contributed by atoms with E-state index in [4.69, 9.17) is 13.5 Å². The van der Waals surface area contributed by atoms with Gasteiger partial charge in [-0.25, -0.2) is 0 Å². The molecule has 0 radical (unpaired) electrons. The van der Waals surface area contributed by atoms with Gasteiger partial charge < -0.3 is 0 Å². The van der Waals surface area contributed by atoms with Crippen molar-refractivity contribution in [3.8, 4) is 0 Å². The van der Waals surface area contributed by atoms with Crippen LogP contribution in [0.2, 0.25) is 0 Å². The van der Waals surface area contributed by atoms with Crippen molar-refractivity contribution < 1.29 is 48.6 Å². The fourth-order valence-corrected chi connectivity index (χ4v) is 2.57. The minimum absolute atomic E-state index is 0.463. The Hall–Kier alpha value is -1.36. The van der Waals surface area contributed by atoms with Crippen molar-refractivity contribution in [3.05, 3.63) is 12.2 Å². The summed E-state index contributed by atoms with van der Waals surface area (Å²) in [7, 11) is 0. The van der Waals surface area contributed by atoms with Gasteiger partial charge in [0, 0.05) is 0 Å². The van der Waals surface area contributed by atoms with Crippen molar-refractivity contribution in [1.29, 1.82) is 0 Å². The molecule has 4 N–H and O–H groups in total. The summed E-state index contributed by atoms with van der Waals surface area (Å²) in [5.74, 6) is 2.98. The van der Waals surface area contributed by atoms with Crippen LogP contribution in [-0.2, 0) is 22.2 Å². The van der Waals surface area contributed by atoms with Gasteiger partial charge in [-0.15, -0.1) is 0 Å². The Labute approximate surface area is 121 Å². The topological polar surface area (TPSA) is 131 Å². The van der Waals surface area contributed by atoms with E-state index in [0.29, 0.717) is 12.8 Å². The van der Waals surface area contributed by atoms with Crippen LogP contribution < -0.4 is 33.3 Å². The number of carbonyl (C=O) groups is 3. The Morgan fingerprint density at radius 3 is 2.11 bits per heavy atom. The van der Waals surface area contributed by atoms with Crippen LogP contribution in [0.3, 0.4) is 0 Å². The van der Waals surface area contributed by atoms with E-state index in [-0.39, 0.29) is 0 Å². The third-order valence-electron chi connectivity index (χ3n) is 2.07. The molecule has 1 amide bonds. The summed E-state index contributed by atoms with van der Waals surface area (Å²) in [4.78, 5) is 36.7. The minimum atomic E-state index is -1.23. The summed E-state index contributed by atoms with van der Waals surface area (Å²) in [5, 5.41) is 0. The predicted octanol–water partition coefficient (Wildman–Crippen LogP) is -2.88. The molecule has 0 unspecified atom stereocenters. The number of amides is 1. The van der Waals surface area contributed by atoms with E-state index in [0.717, 1.165) is 12.2 Å². The van der Waals surface area contributed by atoms with E-state index in [1.807, 2.05) is 0 Å². The molecule has 0 heterocycles. The molecular formula is C10H16IN2O6-. The molecular weight excluding hydrogens is 371 g/mol. The first-order valence-electron chi connectivity index (χ1n) is 5.33. The fraction of sp³-hybridized carbons (Fsp3) is 0.500. The standard InChI is InChI=1S/C10H16IN2O6/c1-3-10(4-2,11-18-9(12)16)17-7(14)5-6-8(15)19-13/h5-6H,3-4,13H2,1-2H3,(H2,12,16)/q-1/b6-5+. The van der Waals surface area contributed by atoms with Crippen LogP contribution in [0.15, 0.2) is 12.2 Å². The SMILES string of the molecule is CCC(CC)(OC(=O)/C=C/C(=O)ON)[I-]OC(N)=O. The van der Waals surface area contributed by atoms with Crippen LogP contribution in [0.25, 0.3) is 0 Å². The van der Waals surface area contributed by atoms with E-state index >= 15 is 0 Å². The Morgan fingerprint density at radius 1 is 1.16 bits per heavy atom. The Bertz CT molecular complexity index is 367. The van der Waals surface area contributed by atoms with Crippen LogP contribution in [0.4, 0.5) is 4.79 Å². The van der Waals surface area contributed by atoms with Crippen molar-refractivity contribution >= 4 is 18.0 Å². The Balaban J connectivity index is 4.64. The van der Waals surface area contributed by atoms with Gasteiger partial charge in [0.1, 0.15) is 0 Å². The average Bonchev–Trinajstić information content (AvgIpc) is 2.40. The Kier molecular flexibility index (Phi) is 8.07. The molecule has 0 rings (SSSR count). The summed E-state index contributed by atoms with van der Waals surface area (Å²) >= 11 is -1.23. The molecule has 0 spiro atoms. The molecule has 0 atom stereocenters. The summed E-state index contributed by atoms with van der Waals surface area (Å²) < 4.78 is 9.12. The van der Waals surface area contributed by atoms with Gasteiger partial charge in [0.05, 0.1) is 0 Å². The number of hydrogen-bond donors (Lipinski definition) is 2. The number of primary amides is 1. The maximum atomic E-state index is 11.5. The number of hydrogen-bond acceptors (Lipinski definition) is 7. The van der Waals surface area contributed by atoms with Crippen molar-refractivity contribution in [1.82, 2.24) is 0 Å². The Morgan fingerprint density at radius 2 is 1.68 bits per heavy atom. The number of esters is 1. The third-order valence-corrected chi connectivity index (χ3v) is 5.27. The van der Waals surface area contributed by atoms with Crippen LogP contribution in [0.1, 0.15) is 26.7 Å². The van der Waals surface area contributed by atoms with Crippen LogP contribution in [-0.4, -0.2) is 21.6 Å². The number of ether oxygens (including phenoxy) is 1. The normalized spacial score (nSPS) is 11.3. The molecule has 0 aromatic rings. The van der Waals surface area contributed by atoms with Crippen molar-refractivity contribution in [2.24, 2.45) is 11.6 Å². The number of alkyl halides is 1. The van der Waals surface area contributed by atoms with Crippen molar-refractivity contribution in [3.63, 3.8) is 0 Å². The van der Waals surface area contributed by atoms with E-state index in [9.17, 15) is 14.4 Å². The molecule has 0 aliphatic carbocycles. The number of halogens is 1. The molecule has 0 aromatic heterocycles. The quantitative estimate of drug-likeness (QED) is 0.158. The monoisotopic (exact) mass is 387 g/mol. The van der Waals surface area contributed by atoms with Crippen LogP contribution in [0.5, 0.6) is 0 Å². The summed E-state index contributed by atoms with van der Waals surface area (Å²) in [5.41, 5.74) is 4.89. The molecule has 19 heavy (non-hydrogen) atoms. The van der Waals surface area contributed by atoms with E-state index in [2.05, 4.69) is 10.7 Å². The van der Waals surface area contributed by atoms with E-state index in [1.54, 1.807) is 13.8 Å². The van der Waals surface area contributed by atoms with Crippen LogP contribution in [0, 0.1) is 0 Å². The van der Waals surface area contributed by atoms with Crippen LogP contribution >= 0.6 is 0 Å². The molecule has 9 heteroatoms. The molecule has 8 nitrogen and oxygen atoms in total. The van der Waals surface area contributed by atoms with Gasteiger partial charge in [-0.2, -0.15) is 0 Å². The second-order valence-electron chi connectivity index (χ2n) is 3.25. The van der Waals surface area contributed by atoms with Crippen molar-refractivity contribution in [2.75, 3.05) is 0 Å². The molecule has 110 valence electrons. The van der Waals surface area contributed by atoms with Gasteiger partial charge in [0.25, 0.3) is 0 Å². The number of rotatable bonds is 7. The first-order chi connectivity index (χ1) is 8.89. The predicted molar refractivity (Wildman–Crippen MR) is 59.5 cm³/mol. The zero-order chi connectivity index (χ0) is 14.9. The molecule has 0 aliphatic heterocycles. The van der Waals surface area contributed by atoms with E-state index < -0.39 is 43.3 Å². The number of nitrogens with two attached hydrogens (primary N) is 2. The summed E-state index contributed by atoms with van der Waals surface area (Å²) in [6.07, 6.45) is 1.75. The second-order valence-corrected chi connectivity index (χ2v) is 6.10. The first-order valence-corrected chi connectivity index (χ1v) is 7.29. The van der Waals surface area contributed by atoms with Gasteiger partial charge in [-0.3, -0.25) is 0 Å². The van der Waals surface area contributed by atoms with Gasteiger partial charge in [-0.1, -0.05) is 0 Å². The maximum absolute atomic E-state index is 11.5. The molecule has 0 bridgehead atoms. The summed E-state index contributed by atoms with van der Waals surface area (Å²) in [6.45, 7) is 3.58. The zero-order valence-electron chi connectivity index (χ0n) is 10.6. The molecule has 0 saturated carbocycles. The van der Waals surface area contributed by atoms with Gasteiger partial charge >= 0.3 is 121 Å². The van der Waals surface area contributed by atoms with Gasteiger partial charge in [0.15, 0.2) is 0 Å². The summed E-state index contributed by atoms with van der Waals surface area (Å²) in [6, 6.07) is 0. The van der Waals surface area contributed by atoms with E-state index in [1.165, 1.54) is 0 Å². The number of carbonyl (C=O) groups excluding carboxylic acids is 3. The molecule has 0 fully saturated rings. The molecule has 0 aliphatic rings. The first kappa shape index (κ1) is 17.6. The third kappa shape index (κ3) is 6.96. The fourth-order valence-electron chi connectivity index (χ4n) is 1.02. The van der Waals surface area contributed by atoms with Gasteiger partial charge in [0.2, 0.25) is 0 Å².